The molecule has 0 atom stereocenters. The Morgan fingerprint density at radius 1 is 1.35 bits per heavy atom. The number of nitrogens with zero attached hydrogens (tertiary/aromatic N) is 2. The third-order valence-electron chi connectivity index (χ3n) is 3.36. The van der Waals surface area contributed by atoms with Gasteiger partial charge in [0.15, 0.2) is 0 Å². The van der Waals surface area contributed by atoms with E-state index in [0.717, 1.165) is 13.1 Å². The van der Waals surface area contributed by atoms with Crippen LogP contribution in [0.1, 0.15) is 10.4 Å². The van der Waals surface area contributed by atoms with Crippen LogP contribution in [0.5, 0.6) is 5.75 Å². The summed E-state index contributed by atoms with van der Waals surface area (Å²) >= 11 is 4.90. The first-order valence-electron chi connectivity index (χ1n) is 6.54. The zero-order valence-corrected chi connectivity index (χ0v) is 12.4. The standard InChI is InChI=1S/C14H19N3O2S/c1-19-12-4-2-3-11(9-12)14(18)17-7-5-16(6-8-17)10-13(15)20/h2-4,9H,5-8,10H2,1H3,(H2,15,20). The number of methoxy groups -OCH3 is 1. The Hall–Kier alpha value is -1.66. The molecule has 1 fully saturated rings. The summed E-state index contributed by atoms with van der Waals surface area (Å²) in [6, 6.07) is 7.24. The van der Waals surface area contributed by atoms with Crippen LogP contribution in [0, 0.1) is 0 Å². The van der Waals surface area contributed by atoms with E-state index in [2.05, 4.69) is 4.90 Å². The van der Waals surface area contributed by atoms with E-state index < -0.39 is 0 Å². The zero-order valence-electron chi connectivity index (χ0n) is 11.5. The predicted octanol–water partition coefficient (Wildman–Crippen LogP) is 0.739. The van der Waals surface area contributed by atoms with Crippen molar-refractivity contribution >= 4 is 23.1 Å². The van der Waals surface area contributed by atoms with Gasteiger partial charge < -0.3 is 15.4 Å². The Kier molecular flexibility index (Phi) is 4.92. The molecular weight excluding hydrogens is 274 g/mol. The van der Waals surface area contributed by atoms with E-state index >= 15 is 0 Å². The Morgan fingerprint density at radius 3 is 2.65 bits per heavy atom. The van der Waals surface area contributed by atoms with Crippen molar-refractivity contribution in [3.63, 3.8) is 0 Å². The van der Waals surface area contributed by atoms with Gasteiger partial charge in [0.1, 0.15) is 5.75 Å². The molecule has 108 valence electrons. The summed E-state index contributed by atoms with van der Waals surface area (Å²) in [4.78, 5) is 16.9. The second-order valence-electron chi connectivity index (χ2n) is 4.77. The first-order valence-corrected chi connectivity index (χ1v) is 6.95. The molecule has 2 N–H and O–H groups in total. The number of nitrogens with two attached hydrogens (primary N) is 1. The van der Waals surface area contributed by atoms with Crippen LogP contribution in [-0.2, 0) is 0 Å². The van der Waals surface area contributed by atoms with Gasteiger partial charge in [-0.25, -0.2) is 0 Å². The number of ether oxygens (including phenoxy) is 1. The molecule has 0 bridgehead atoms. The van der Waals surface area contributed by atoms with Gasteiger partial charge >= 0.3 is 0 Å². The van der Waals surface area contributed by atoms with Gasteiger partial charge in [0, 0.05) is 38.3 Å². The fourth-order valence-corrected chi connectivity index (χ4v) is 2.45. The van der Waals surface area contributed by atoms with Crippen LogP contribution >= 0.6 is 12.2 Å². The third kappa shape index (κ3) is 3.68. The van der Waals surface area contributed by atoms with Gasteiger partial charge in [-0.05, 0) is 18.2 Å². The highest BCUT2D eigenvalue weighted by Crippen LogP contribution is 2.15. The van der Waals surface area contributed by atoms with E-state index in [0.29, 0.717) is 35.9 Å². The van der Waals surface area contributed by atoms with Crippen molar-refractivity contribution in [1.29, 1.82) is 0 Å². The zero-order chi connectivity index (χ0) is 14.5. The second-order valence-corrected chi connectivity index (χ2v) is 5.29. The molecule has 1 aliphatic rings. The molecule has 5 nitrogen and oxygen atoms in total. The van der Waals surface area contributed by atoms with Crippen molar-refractivity contribution in [3.05, 3.63) is 29.8 Å². The molecule has 6 heteroatoms. The summed E-state index contributed by atoms with van der Waals surface area (Å²) in [7, 11) is 1.60. The number of thiocarbonyl (C=S) groups is 1. The van der Waals surface area contributed by atoms with Crippen LogP contribution in [0.2, 0.25) is 0 Å². The van der Waals surface area contributed by atoms with E-state index in [1.165, 1.54) is 0 Å². The second kappa shape index (κ2) is 6.67. The van der Waals surface area contributed by atoms with Crippen LogP contribution in [0.25, 0.3) is 0 Å². The summed E-state index contributed by atoms with van der Waals surface area (Å²) < 4.78 is 5.15. The Balaban J connectivity index is 1.96. The molecule has 0 radical (unpaired) electrons. The maximum absolute atomic E-state index is 12.4. The lowest BCUT2D eigenvalue weighted by atomic mass is 10.1. The minimum atomic E-state index is 0.0406. The van der Waals surface area contributed by atoms with Crippen LogP contribution in [0.15, 0.2) is 24.3 Å². The highest BCUT2D eigenvalue weighted by Gasteiger charge is 2.22. The van der Waals surface area contributed by atoms with Crippen molar-refractivity contribution in [3.8, 4) is 5.75 Å². The van der Waals surface area contributed by atoms with Crippen molar-refractivity contribution in [1.82, 2.24) is 9.80 Å². The molecule has 0 spiro atoms. The molecule has 0 aliphatic carbocycles. The summed E-state index contributed by atoms with van der Waals surface area (Å²) in [5, 5.41) is 0. The van der Waals surface area contributed by atoms with Gasteiger partial charge in [-0.1, -0.05) is 18.3 Å². The largest absolute Gasteiger partial charge is 0.497 e. The predicted molar refractivity (Wildman–Crippen MR) is 82.1 cm³/mol. The van der Waals surface area contributed by atoms with Crippen LogP contribution in [0.4, 0.5) is 0 Å². The van der Waals surface area contributed by atoms with Crippen molar-refractivity contribution in [2.24, 2.45) is 5.73 Å². The maximum Gasteiger partial charge on any atom is 0.254 e. The van der Waals surface area contributed by atoms with Crippen LogP contribution in [-0.4, -0.2) is 60.5 Å². The number of carbonyl (C=O) groups excluding carboxylic acids is 1. The average Bonchev–Trinajstić information content (AvgIpc) is 2.47. The van der Waals surface area contributed by atoms with E-state index in [4.69, 9.17) is 22.7 Å². The molecule has 0 saturated carbocycles. The highest BCUT2D eigenvalue weighted by molar-refractivity contribution is 7.80. The van der Waals surface area contributed by atoms with Gasteiger partial charge in [0.25, 0.3) is 5.91 Å². The summed E-state index contributed by atoms with van der Waals surface area (Å²) in [5.74, 6) is 0.738. The molecule has 1 aromatic rings. The van der Waals surface area contributed by atoms with Gasteiger partial charge in [-0.2, -0.15) is 0 Å². The number of carbonyl (C=O) groups is 1. The molecule has 1 aromatic carbocycles. The molecule has 1 aliphatic heterocycles. The topological polar surface area (TPSA) is 58.8 Å². The lowest BCUT2D eigenvalue weighted by molar-refractivity contribution is 0.0654. The third-order valence-corrected chi connectivity index (χ3v) is 3.48. The number of benzene rings is 1. The van der Waals surface area contributed by atoms with E-state index in [-0.39, 0.29) is 5.91 Å². The van der Waals surface area contributed by atoms with Gasteiger partial charge in [0.2, 0.25) is 0 Å². The quantitative estimate of drug-likeness (QED) is 0.830. The Labute approximate surface area is 124 Å². The van der Waals surface area contributed by atoms with Gasteiger partial charge in [-0.3, -0.25) is 9.69 Å². The minimum Gasteiger partial charge on any atom is -0.497 e. The highest BCUT2D eigenvalue weighted by atomic mass is 32.1. The lowest BCUT2D eigenvalue weighted by Crippen LogP contribution is -2.50. The van der Waals surface area contributed by atoms with Gasteiger partial charge in [0.05, 0.1) is 12.1 Å². The molecule has 1 saturated heterocycles. The average molecular weight is 293 g/mol. The summed E-state index contributed by atoms with van der Waals surface area (Å²) in [6.45, 7) is 3.61. The van der Waals surface area contributed by atoms with E-state index in [1.807, 2.05) is 23.1 Å². The van der Waals surface area contributed by atoms with Crippen LogP contribution < -0.4 is 10.5 Å². The normalized spacial score (nSPS) is 15.9. The Morgan fingerprint density at radius 2 is 2.05 bits per heavy atom. The Bertz CT molecular complexity index is 499. The molecule has 0 aromatic heterocycles. The number of hydrogen-bond acceptors (Lipinski definition) is 4. The number of rotatable bonds is 4. The molecule has 2 rings (SSSR count). The molecule has 20 heavy (non-hydrogen) atoms. The molecule has 1 heterocycles. The number of amides is 1. The monoisotopic (exact) mass is 293 g/mol. The molecule has 0 unspecified atom stereocenters. The number of piperazine rings is 1. The lowest BCUT2D eigenvalue weighted by Gasteiger charge is -2.34. The summed E-state index contributed by atoms with van der Waals surface area (Å²) in [6.07, 6.45) is 0. The minimum absolute atomic E-state index is 0.0406. The fourth-order valence-electron chi connectivity index (χ4n) is 2.27. The first-order chi connectivity index (χ1) is 9.60. The van der Waals surface area contributed by atoms with E-state index in [9.17, 15) is 4.79 Å². The van der Waals surface area contributed by atoms with E-state index in [1.54, 1.807) is 13.2 Å². The smallest absolute Gasteiger partial charge is 0.254 e. The summed E-state index contributed by atoms with van der Waals surface area (Å²) in [5.41, 5.74) is 6.20. The molecular formula is C14H19N3O2S. The van der Waals surface area contributed by atoms with Gasteiger partial charge in [-0.15, -0.1) is 0 Å². The first kappa shape index (κ1) is 14.7. The fraction of sp³-hybridized carbons (Fsp3) is 0.429. The van der Waals surface area contributed by atoms with Crippen molar-refractivity contribution in [2.45, 2.75) is 0 Å². The maximum atomic E-state index is 12.4. The van der Waals surface area contributed by atoms with Crippen LogP contribution in [0.3, 0.4) is 0 Å². The van der Waals surface area contributed by atoms with Crippen molar-refractivity contribution in [2.75, 3.05) is 39.8 Å². The SMILES string of the molecule is COc1cccc(C(=O)N2CCN(CC(N)=S)CC2)c1. The number of hydrogen-bond donors (Lipinski definition) is 1. The molecule has 1 amide bonds. The van der Waals surface area contributed by atoms with Crippen molar-refractivity contribution < 1.29 is 9.53 Å².